The first-order valence-corrected chi connectivity index (χ1v) is 4.16. The highest BCUT2D eigenvalue weighted by molar-refractivity contribution is 5.89. The van der Waals surface area contributed by atoms with Gasteiger partial charge in [0.25, 0.3) is 0 Å². The molecule has 1 aromatic heterocycles. The summed E-state index contributed by atoms with van der Waals surface area (Å²) in [5.74, 6) is 0. The number of H-pyrrole nitrogens is 1. The number of aldehydes is 1. The molecule has 0 aliphatic rings. The van der Waals surface area contributed by atoms with Crippen molar-refractivity contribution in [3.8, 4) is 0 Å². The van der Waals surface area contributed by atoms with E-state index >= 15 is 0 Å². The van der Waals surface area contributed by atoms with Crippen LogP contribution in [0.5, 0.6) is 0 Å². The van der Waals surface area contributed by atoms with Crippen LogP contribution in [0.15, 0.2) is 24.4 Å². The molecule has 2 rings (SSSR count). The van der Waals surface area contributed by atoms with Gasteiger partial charge >= 0.3 is 6.18 Å². The molecule has 0 atom stereocenters. The van der Waals surface area contributed by atoms with Crippen molar-refractivity contribution in [1.29, 1.82) is 0 Å². The summed E-state index contributed by atoms with van der Waals surface area (Å²) in [5.41, 5.74) is -0.0556. The van der Waals surface area contributed by atoms with Gasteiger partial charge in [-0.1, -0.05) is 12.1 Å². The number of alkyl halides is 3. The van der Waals surface area contributed by atoms with Gasteiger partial charge in [0.15, 0.2) is 0 Å². The Hall–Kier alpha value is -1.78. The van der Waals surface area contributed by atoms with E-state index in [9.17, 15) is 18.0 Å². The first kappa shape index (κ1) is 9.76. The van der Waals surface area contributed by atoms with Gasteiger partial charge in [0.1, 0.15) is 6.29 Å². The molecule has 15 heavy (non-hydrogen) atoms. The lowest BCUT2D eigenvalue weighted by Gasteiger charge is -2.03. The number of carbonyl (C=O) groups is 1. The van der Waals surface area contributed by atoms with E-state index in [2.05, 4.69) is 4.98 Å². The van der Waals surface area contributed by atoms with Gasteiger partial charge in [0.2, 0.25) is 0 Å². The Labute approximate surface area is 82.7 Å². The van der Waals surface area contributed by atoms with E-state index in [0.717, 1.165) is 6.20 Å². The van der Waals surface area contributed by atoms with Crippen LogP contribution < -0.4 is 0 Å². The Balaban J connectivity index is 2.67. The molecule has 2 aromatic rings. The summed E-state index contributed by atoms with van der Waals surface area (Å²) in [4.78, 5) is 12.9. The maximum absolute atomic E-state index is 12.4. The molecule has 0 radical (unpaired) electrons. The van der Waals surface area contributed by atoms with Crippen molar-refractivity contribution < 1.29 is 18.0 Å². The molecule has 78 valence electrons. The molecule has 0 unspecified atom stereocenters. The molecule has 0 amide bonds. The molecule has 0 fully saturated rings. The van der Waals surface area contributed by atoms with Crippen molar-refractivity contribution in [1.82, 2.24) is 4.98 Å². The summed E-state index contributed by atoms with van der Waals surface area (Å²) >= 11 is 0. The number of hydrogen-bond acceptors (Lipinski definition) is 1. The van der Waals surface area contributed by atoms with Gasteiger partial charge in [-0.15, -0.1) is 0 Å². The topological polar surface area (TPSA) is 32.9 Å². The molecule has 1 N–H and O–H groups in total. The van der Waals surface area contributed by atoms with E-state index in [1.165, 1.54) is 18.2 Å². The molecule has 0 saturated heterocycles. The monoisotopic (exact) mass is 213 g/mol. The van der Waals surface area contributed by atoms with Crippen molar-refractivity contribution >= 4 is 17.2 Å². The quantitative estimate of drug-likeness (QED) is 0.725. The highest BCUT2D eigenvalue weighted by Crippen LogP contribution is 2.34. The van der Waals surface area contributed by atoms with Crippen LogP contribution in [0.2, 0.25) is 0 Å². The number of rotatable bonds is 1. The fourth-order valence-electron chi connectivity index (χ4n) is 1.45. The zero-order chi connectivity index (χ0) is 11.1. The van der Waals surface area contributed by atoms with Gasteiger partial charge in [-0.3, -0.25) is 4.79 Å². The van der Waals surface area contributed by atoms with Gasteiger partial charge in [0.05, 0.1) is 5.56 Å². The number of halogens is 3. The van der Waals surface area contributed by atoms with E-state index in [1.807, 2.05) is 0 Å². The predicted octanol–water partition coefficient (Wildman–Crippen LogP) is 3.00. The van der Waals surface area contributed by atoms with Crippen LogP contribution in [-0.4, -0.2) is 11.3 Å². The minimum Gasteiger partial charge on any atom is -0.361 e. The third-order valence-electron chi connectivity index (χ3n) is 2.15. The molecule has 0 aliphatic carbocycles. The van der Waals surface area contributed by atoms with Gasteiger partial charge < -0.3 is 4.98 Å². The molecule has 1 heterocycles. The Morgan fingerprint density at radius 3 is 2.60 bits per heavy atom. The smallest absolute Gasteiger partial charge is 0.361 e. The Bertz CT molecular complexity index is 513. The van der Waals surface area contributed by atoms with Crippen LogP contribution in [0.25, 0.3) is 10.9 Å². The molecule has 0 bridgehead atoms. The third-order valence-corrected chi connectivity index (χ3v) is 2.15. The minimum atomic E-state index is -4.37. The summed E-state index contributed by atoms with van der Waals surface area (Å²) in [6.45, 7) is 0. The van der Waals surface area contributed by atoms with Crippen molar-refractivity contribution in [3.63, 3.8) is 0 Å². The molecule has 2 nitrogen and oxygen atoms in total. The first-order valence-electron chi connectivity index (χ1n) is 4.16. The van der Waals surface area contributed by atoms with Gasteiger partial charge in [-0.25, -0.2) is 0 Å². The number of carbonyl (C=O) groups excluding carboxylic acids is 1. The maximum Gasteiger partial charge on any atom is 0.418 e. The molecule has 1 aromatic carbocycles. The number of hydrogen-bond donors (Lipinski definition) is 1. The van der Waals surface area contributed by atoms with Crippen molar-refractivity contribution in [2.24, 2.45) is 0 Å². The highest BCUT2D eigenvalue weighted by atomic mass is 19.4. The number of benzene rings is 1. The SMILES string of the molecule is O=Cc1ccc2c(C(F)(F)F)c[nH]c2c1. The minimum absolute atomic E-state index is 0.0769. The second-order valence-electron chi connectivity index (χ2n) is 3.12. The molecular weight excluding hydrogens is 207 g/mol. The van der Waals surface area contributed by atoms with E-state index in [-0.39, 0.29) is 5.39 Å². The van der Waals surface area contributed by atoms with Gasteiger partial charge in [0, 0.05) is 22.7 Å². The van der Waals surface area contributed by atoms with Crippen LogP contribution >= 0.6 is 0 Å². The normalized spacial score (nSPS) is 11.9. The summed E-state index contributed by atoms with van der Waals surface area (Å²) in [6.07, 6.45) is -2.88. The molecule has 0 aliphatic heterocycles. The van der Waals surface area contributed by atoms with Crippen LogP contribution in [0, 0.1) is 0 Å². The second-order valence-corrected chi connectivity index (χ2v) is 3.12. The number of aromatic nitrogens is 1. The zero-order valence-electron chi connectivity index (χ0n) is 7.43. The van der Waals surface area contributed by atoms with E-state index < -0.39 is 11.7 Å². The van der Waals surface area contributed by atoms with Crippen molar-refractivity contribution in [3.05, 3.63) is 35.5 Å². The van der Waals surface area contributed by atoms with Gasteiger partial charge in [-0.05, 0) is 6.07 Å². The van der Waals surface area contributed by atoms with Crippen LogP contribution in [-0.2, 0) is 6.18 Å². The molecule has 5 heteroatoms. The van der Waals surface area contributed by atoms with Crippen molar-refractivity contribution in [2.45, 2.75) is 6.18 Å². The zero-order valence-corrected chi connectivity index (χ0v) is 7.43. The number of fused-ring (bicyclic) bond motifs is 1. The lowest BCUT2D eigenvalue weighted by atomic mass is 10.1. The van der Waals surface area contributed by atoms with E-state index in [1.54, 1.807) is 0 Å². The van der Waals surface area contributed by atoms with Crippen LogP contribution in [0.4, 0.5) is 13.2 Å². The van der Waals surface area contributed by atoms with E-state index in [0.29, 0.717) is 17.4 Å². The largest absolute Gasteiger partial charge is 0.418 e. The summed E-state index contributed by atoms with van der Waals surface area (Å²) in [5, 5.41) is 0.0769. The number of aromatic amines is 1. The standard InChI is InChI=1S/C10H6F3NO/c11-10(12,13)8-4-14-9-3-6(5-15)1-2-7(8)9/h1-5,14H. The Morgan fingerprint density at radius 1 is 1.27 bits per heavy atom. The fourth-order valence-corrected chi connectivity index (χ4v) is 1.45. The Morgan fingerprint density at radius 2 is 2.00 bits per heavy atom. The van der Waals surface area contributed by atoms with Crippen molar-refractivity contribution in [2.75, 3.05) is 0 Å². The fraction of sp³-hybridized carbons (Fsp3) is 0.100. The highest BCUT2D eigenvalue weighted by Gasteiger charge is 2.33. The molecular formula is C10H6F3NO. The Kier molecular flexibility index (Phi) is 2.03. The third kappa shape index (κ3) is 1.60. The predicted molar refractivity (Wildman–Crippen MR) is 48.7 cm³/mol. The summed E-state index contributed by atoms with van der Waals surface area (Å²) < 4.78 is 37.3. The molecule has 0 spiro atoms. The molecule has 0 saturated carbocycles. The summed E-state index contributed by atoms with van der Waals surface area (Å²) in [7, 11) is 0. The summed E-state index contributed by atoms with van der Waals surface area (Å²) in [6, 6.07) is 4.04. The van der Waals surface area contributed by atoms with Gasteiger partial charge in [-0.2, -0.15) is 13.2 Å². The van der Waals surface area contributed by atoms with E-state index in [4.69, 9.17) is 0 Å². The second kappa shape index (κ2) is 3.12. The lowest BCUT2D eigenvalue weighted by Crippen LogP contribution is -2.03. The first-order chi connectivity index (χ1) is 7.02. The average molecular weight is 213 g/mol. The number of nitrogens with one attached hydrogen (secondary N) is 1. The lowest BCUT2D eigenvalue weighted by molar-refractivity contribution is -0.136. The average Bonchev–Trinajstić information content (AvgIpc) is 2.59. The maximum atomic E-state index is 12.4. The van der Waals surface area contributed by atoms with Crippen LogP contribution in [0.3, 0.4) is 0 Å². The van der Waals surface area contributed by atoms with Crippen LogP contribution in [0.1, 0.15) is 15.9 Å².